The van der Waals surface area contributed by atoms with Gasteiger partial charge in [-0.25, -0.2) is 0 Å². The highest BCUT2D eigenvalue weighted by atomic mass is 16.2. The number of hydrogen-bond acceptors (Lipinski definition) is 4. The van der Waals surface area contributed by atoms with Crippen LogP contribution in [-0.4, -0.2) is 43.5 Å². The summed E-state index contributed by atoms with van der Waals surface area (Å²) >= 11 is 0. The molecule has 7 heteroatoms. The average molecular weight is 344 g/mol. The summed E-state index contributed by atoms with van der Waals surface area (Å²) in [6.45, 7) is 8.82. The molecule has 0 radical (unpaired) electrons. The van der Waals surface area contributed by atoms with E-state index in [0.717, 1.165) is 38.3 Å². The monoisotopic (exact) mass is 344 g/mol. The van der Waals surface area contributed by atoms with E-state index in [1.165, 1.54) is 12.1 Å². The molecule has 1 amide bonds. The van der Waals surface area contributed by atoms with E-state index >= 15 is 0 Å². The summed E-state index contributed by atoms with van der Waals surface area (Å²) in [4.78, 5) is 14.9. The van der Waals surface area contributed by atoms with Gasteiger partial charge in [0.25, 0.3) is 0 Å². The Balaban J connectivity index is 1.60. The van der Waals surface area contributed by atoms with Gasteiger partial charge in [-0.2, -0.15) is 10.2 Å². The number of carbonyl (C=O) groups excluding carboxylic acids is 1. The van der Waals surface area contributed by atoms with E-state index in [0.29, 0.717) is 13.0 Å². The van der Waals surface area contributed by atoms with Crippen molar-refractivity contribution in [3.63, 3.8) is 0 Å². The molecule has 1 atom stereocenters. The number of fused-ring (bicyclic) bond motifs is 1. The Hall–Kier alpha value is -2.15. The normalized spacial score (nSPS) is 16.2. The van der Waals surface area contributed by atoms with Gasteiger partial charge in [-0.3, -0.25) is 19.1 Å². The van der Waals surface area contributed by atoms with Crippen LogP contribution in [0.25, 0.3) is 0 Å². The van der Waals surface area contributed by atoms with E-state index < -0.39 is 0 Å². The zero-order chi connectivity index (χ0) is 17.6. The smallest absolute Gasteiger partial charge is 0.245 e. The van der Waals surface area contributed by atoms with Crippen LogP contribution in [-0.2, 0) is 24.4 Å². The predicted molar refractivity (Wildman–Crippen MR) is 95.8 cm³/mol. The van der Waals surface area contributed by atoms with Crippen LogP contribution in [0.2, 0.25) is 0 Å². The fraction of sp³-hybridized carbons (Fsp3) is 0.611. The summed E-state index contributed by atoms with van der Waals surface area (Å²) in [7, 11) is 0. The number of amides is 1. The molecular weight excluding hydrogens is 316 g/mol. The third-order valence-corrected chi connectivity index (χ3v) is 4.66. The number of nitrogens with one attached hydrogen (secondary N) is 1. The number of nitrogens with zero attached hydrogens (tertiary/aromatic N) is 5. The number of rotatable bonds is 7. The number of aryl methyl sites for hydroxylation is 1. The van der Waals surface area contributed by atoms with Crippen LogP contribution in [0.5, 0.6) is 0 Å². The van der Waals surface area contributed by atoms with Crippen molar-refractivity contribution in [1.82, 2.24) is 29.8 Å². The van der Waals surface area contributed by atoms with Gasteiger partial charge in [0.1, 0.15) is 6.04 Å². The molecular formula is C18H28N6O. The Kier molecular flexibility index (Phi) is 5.86. The highest BCUT2D eigenvalue weighted by molar-refractivity contribution is 5.80. The SMILES string of the molecule is CCCN1CCCn2nc(CNC(=O)C(CC)n3cccn3)cc2C1. The predicted octanol–water partition coefficient (Wildman–Crippen LogP) is 1.96. The first-order valence-corrected chi connectivity index (χ1v) is 9.26. The van der Waals surface area contributed by atoms with E-state index in [4.69, 9.17) is 0 Å². The van der Waals surface area contributed by atoms with Crippen LogP contribution in [0.1, 0.15) is 50.5 Å². The topological polar surface area (TPSA) is 68.0 Å². The van der Waals surface area contributed by atoms with Gasteiger partial charge >= 0.3 is 0 Å². The van der Waals surface area contributed by atoms with Crippen molar-refractivity contribution < 1.29 is 4.79 Å². The molecule has 0 spiro atoms. The van der Waals surface area contributed by atoms with E-state index in [9.17, 15) is 4.79 Å². The van der Waals surface area contributed by atoms with Crippen LogP contribution >= 0.6 is 0 Å². The van der Waals surface area contributed by atoms with Gasteiger partial charge in [0.2, 0.25) is 5.91 Å². The Bertz CT molecular complexity index is 678. The van der Waals surface area contributed by atoms with Crippen molar-refractivity contribution in [3.8, 4) is 0 Å². The van der Waals surface area contributed by atoms with Crippen molar-refractivity contribution in [2.45, 2.75) is 58.8 Å². The minimum atomic E-state index is -0.268. The molecule has 0 aliphatic carbocycles. The largest absolute Gasteiger partial charge is 0.349 e. The second-order valence-electron chi connectivity index (χ2n) is 6.61. The molecule has 136 valence electrons. The highest BCUT2D eigenvalue weighted by Gasteiger charge is 2.20. The van der Waals surface area contributed by atoms with Crippen LogP contribution < -0.4 is 5.32 Å². The Morgan fingerprint density at radius 1 is 1.36 bits per heavy atom. The van der Waals surface area contributed by atoms with Crippen LogP contribution in [0, 0.1) is 0 Å². The number of aromatic nitrogens is 4. The molecule has 0 fully saturated rings. The molecule has 0 saturated heterocycles. The molecule has 25 heavy (non-hydrogen) atoms. The summed E-state index contributed by atoms with van der Waals surface area (Å²) in [5.41, 5.74) is 2.17. The lowest BCUT2D eigenvalue weighted by Gasteiger charge is -2.17. The molecule has 3 rings (SSSR count). The lowest BCUT2D eigenvalue weighted by molar-refractivity contribution is -0.124. The summed E-state index contributed by atoms with van der Waals surface area (Å²) in [5, 5.41) is 11.9. The van der Waals surface area contributed by atoms with Gasteiger partial charge in [-0.1, -0.05) is 13.8 Å². The second-order valence-corrected chi connectivity index (χ2v) is 6.61. The van der Waals surface area contributed by atoms with E-state index in [-0.39, 0.29) is 11.9 Å². The zero-order valence-electron chi connectivity index (χ0n) is 15.2. The minimum Gasteiger partial charge on any atom is -0.349 e. The molecule has 1 unspecified atom stereocenters. The first kappa shape index (κ1) is 17.7. The van der Waals surface area contributed by atoms with Crippen molar-refractivity contribution in [1.29, 1.82) is 0 Å². The standard InChI is InChI=1S/C18H28N6O/c1-3-8-22-9-6-11-23-16(14-22)12-15(21-23)13-19-18(25)17(4-2)24-10-5-7-20-24/h5,7,10,12,17H,3-4,6,8-9,11,13-14H2,1-2H3,(H,19,25). The number of carbonyl (C=O) groups is 1. The van der Waals surface area contributed by atoms with Crippen molar-refractivity contribution >= 4 is 5.91 Å². The van der Waals surface area contributed by atoms with Gasteiger partial charge < -0.3 is 5.32 Å². The molecule has 7 nitrogen and oxygen atoms in total. The fourth-order valence-electron chi connectivity index (χ4n) is 3.43. The molecule has 2 aromatic heterocycles. The van der Waals surface area contributed by atoms with Crippen molar-refractivity contribution in [2.24, 2.45) is 0 Å². The highest BCUT2D eigenvalue weighted by Crippen LogP contribution is 2.15. The Morgan fingerprint density at radius 3 is 2.96 bits per heavy atom. The summed E-state index contributed by atoms with van der Waals surface area (Å²) < 4.78 is 3.81. The zero-order valence-corrected chi connectivity index (χ0v) is 15.2. The Morgan fingerprint density at radius 2 is 2.24 bits per heavy atom. The average Bonchev–Trinajstić information content (AvgIpc) is 3.21. The van der Waals surface area contributed by atoms with E-state index in [1.54, 1.807) is 10.9 Å². The molecule has 1 aliphatic rings. The lowest BCUT2D eigenvalue weighted by Crippen LogP contribution is -2.32. The summed E-state index contributed by atoms with van der Waals surface area (Å²) in [6, 6.07) is 3.70. The summed E-state index contributed by atoms with van der Waals surface area (Å²) in [6.07, 6.45) is 6.53. The molecule has 0 saturated carbocycles. The van der Waals surface area contributed by atoms with Crippen molar-refractivity contribution in [2.75, 3.05) is 13.1 Å². The maximum absolute atomic E-state index is 12.5. The lowest BCUT2D eigenvalue weighted by atomic mass is 10.2. The second kappa shape index (κ2) is 8.29. The van der Waals surface area contributed by atoms with E-state index in [2.05, 4.69) is 38.1 Å². The van der Waals surface area contributed by atoms with Crippen molar-refractivity contribution in [3.05, 3.63) is 35.9 Å². The quantitative estimate of drug-likeness (QED) is 0.834. The number of hydrogen-bond donors (Lipinski definition) is 1. The van der Waals surface area contributed by atoms with Gasteiger partial charge in [-0.15, -0.1) is 0 Å². The third kappa shape index (κ3) is 4.28. The van der Waals surface area contributed by atoms with Crippen LogP contribution in [0.15, 0.2) is 24.5 Å². The first-order valence-electron chi connectivity index (χ1n) is 9.26. The van der Waals surface area contributed by atoms with Gasteiger partial charge in [0.15, 0.2) is 0 Å². The first-order chi connectivity index (χ1) is 12.2. The van der Waals surface area contributed by atoms with E-state index in [1.807, 2.05) is 19.2 Å². The van der Waals surface area contributed by atoms with Gasteiger partial charge in [0, 0.05) is 32.0 Å². The van der Waals surface area contributed by atoms with Crippen LogP contribution in [0.4, 0.5) is 0 Å². The summed E-state index contributed by atoms with van der Waals surface area (Å²) in [5.74, 6) is -0.0120. The van der Waals surface area contributed by atoms with Gasteiger partial charge in [0.05, 0.1) is 17.9 Å². The molecule has 1 aliphatic heterocycles. The molecule has 3 heterocycles. The fourth-order valence-corrected chi connectivity index (χ4v) is 3.43. The minimum absolute atomic E-state index is 0.0120. The van der Waals surface area contributed by atoms with Crippen LogP contribution in [0.3, 0.4) is 0 Å². The molecule has 2 aromatic rings. The Labute approximate surface area is 149 Å². The third-order valence-electron chi connectivity index (χ3n) is 4.66. The molecule has 0 aromatic carbocycles. The molecule has 1 N–H and O–H groups in total. The van der Waals surface area contributed by atoms with Gasteiger partial charge in [-0.05, 0) is 37.9 Å². The maximum atomic E-state index is 12.5. The maximum Gasteiger partial charge on any atom is 0.245 e. The molecule has 0 bridgehead atoms.